The number of allylic oxidation sites excluding steroid dienone is 1. The summed E-state index contributed by atoms with van der Waals surface area (Å²) in [6.45, 7) is 1.91. The molecule has 146 valence electrons. The summed E-state index contributed by atoms with van der Waals surface area (Å²) in [5, 5.41) is 11.5. The van der Waals surface area contributed by atoms with Crippen LogP contribution in [-0.4, -0.2) is 42.4 Å². The zero-order valence-corrected chi connectivity index (χ0v) is 16.7. The second kappa shape index (κ2) is 8.57. The predicted molar refractivity (Wildman–Crippen MR) is 109 cm³/mol. The maximum absolute atomic E-state index is 5.41. The van der Waals surface area contributed by atoms with Gasteiger partial charge in [-0.2, -0.15) is 14.9 Å². The Balaban J connectivity index is 2.02. The van der Waals surface area contributed by atoms with Gasteiger partial charge in [0.05, 0.1) is 33.8 Å². The lowest BCUT2D eigenvalue weighted by molar-refractivity contribution is 0.324. The molecule has 3 aromatic rings. The fourth-order valence-corrected chi connectivity index (χ4v) is 2.76. The highest BCUT2D eigenvalue weighted by Gasteiger charge is 2.17. The second-order valence-electron chi connectivity index (χ2n) is 5.73. The van der Waals surface area contributed by atoms with Crippen LogP contribution in [0.25, 0.3) is 17.5 Å². The first-order chi connectivity index (χ1) is 13.6. The highest BCUT2D eigenvalue weighted by atomic mass is 32.1. The molecule has 0 aliphatic heterocycles. The largest absolute Gasteiger partial charge is 0.493 e. The van der Waals surface area contributed by atoms with Gasteiger partial charge in [0.25, 0.3) is 0 Å². The van der Waals surface area contributed by atoms with E-state index in [2.05, 4.69) is 15.3 Å². The molecule has 0 aliphatic rings. The topological polar surface area (TPSA) is 86.8 Å². The molecule has 28 heavy (non-hydrogen) atoms. The van der Waals surface area contributed by atoms with Gasteiger partial charge in [-0.15, -0.1) is 0 Å². The van der Waals surface area contributed by atoms with E-state index in [1.807, 2.05) is 25.1 Å². The molecule has 9 heteroatoms. The molecule has 0 fully saturated rings. The molecule has 1 aromatic carbocycles. The number of hydrogen-bond donors (Lipinski definition) is 1. The van der Waals surface area contributed by atoms with Gasteiger partial charge < -0.3 is 18.6 Å². The van der Waals surface area contributed by atoms with Crippen LogP contribution in [0.1, 0.15) is 12.7 Å². The zero-order chi connectivity index (χ0) is 20.1. The van der Waals surface area contributed by atoms with E-state index >= 15 is 0 Å². The molecule has 0 amide bonds. The molecule has 2 heterocycles. The standard InChI is InChI=1S/C19H20N4O4S/c1-12(8-14-6-5-7-27-14)11-20-23-18(21-22-19(23)28)13-9-15(24-2)17(26-4)16(10-13)25-3/h5-11H,1-4H3,(H,22,28)/b12-8+,20-11+. The number of ether oxygens (including phenoxy) is 3. The van der Waals surface area contributed by atoms with Crippen molar-refractivity contribution in [1.82, 2.24) is 14.9 Å². The van der Waals surface area contributed by atoms with Gasteiger partial charge in [0.1, 0.15) is 5.76 Å². The average Bonchev–Trinajstić information content (AvgIpc) is 3.34. The first-order valence-corrected chi connectivity index (χ1v) is 8.72. The summed E-state index contributed by atoms with van der Waals surface area (Å²) in [6, 6.07) is 7.25. The molecule has 2 aromatic heterocycles. The Morgan fingerprint density at radius 3 is 2.50 bits per heavy atom. The number of nitrogens with zero attached hydrogens (tertiary/aromatic N) is 3. The van der Waals surface area contributed by atoms with Crippen molar-refractivity contribution >= 4 is 24.5 Å². The van der Waals surface area contributed by atoms with E-state index in [9.17, 15) is 0 Å². The molecule has 0 spiro atoms. The molecule has 0 unspecified atom stereocenters. The van der Waals surface area contributed by atoms with Crippen LogP contribution >= 0.6 is 12.2 Å². The molecule has 0 radical (unpaired) electrons. The van der Waals surface area contributed by atoms with Crippen molar-refractivity contribution in [3.05, 3.63) is 46.6 Å². The quantitative estimate of drug-likeness (QED) is 0.473. The monoisotopic (exact) mass is 400 g/mol. The Kier molecular flexibility index (Phi) is 5.95. The molecule has 0 atom stereocenters. The van der Waals surface area contributed by atoms with E-state index in [1.165, 1.54) is 4.68 Å². The smallest absolute Gasteiger partial charge is 0.216 e. The number of H-pyrrole nitrogens is 1. The summed E-state index contributed by atoms with van der Waals surface area (Å²) >= 11 is 5.32. The number of aromatic amines is 1. The number of rotatable bonds is 7. The van der Waals surface area contributed by atoms with Crippen molar-refractivity contribution < 1.29 is 18.6 Å². The number of benzene rings is 1. The molecule has 0 aliphatic carbocycles. The fraction of sp³-hybridized carbons (Fsp3) is 0.211. The Hall–Kier alpha value is -3.33. The Morgan fingerprint density at radius 2 is 1.93 bits per heavy atom. The van der Waals surface area contributed by atoms with Crippen LogP contribution in [0.2, 0.25) is 0 Å². The van der Waals surface area contributed by atoms with Crippen molar-refractivity contribution in [3.8, 4) is 28.6 Å². The summed E-state index contributed by atoms with van der Waals surface area (Å²) in [4.78, 5) is 0. The number of methoxy groups -OCH3 is 3. The van der Waals surface area contributed by atoms with E-state index < -0.39 is 0 Å². The van der Waals surface area contributed by atoms with Crippen molar-refractivity contribution in [3.63, 3.8) is 0 Å². The molecule has 1 N–H and O–H groups in total. The maximum Gasteiger partial charge on any atom is 0.216 e. The molecule has 0 bridgehead atoms. The Bertz CT molecular complexity index is 1040. The minimum Gasteiger partial charge on any atom is -0.493 e. The molecular weight excluding hydrogens is 380 g/mol. The first-order valence-electron chi connectivity index (χ1n) is 8.31. The summed E-state index contributed by atoms with van der Waals surface area (Å²) in [6.07, 6.45) is 5.16. The minimum absolute atomic E-state index is 0.353. The summed E-state index contributed by atoms with van der Waals surface area (Å²) < 4.78 is 23.4. The van der Waals surface area contributed by atoms with E-state index in [1.54, 1.807) is 45.9 Å². The van der Waals surface area contributed by atoms with Gasteiger partial charge in [0, 0.05) is 5.56 Å². The molecular formula is C19H20N4O4S. The zero-order valence-electron chi connectivity index (χ0n) is 15.9. The summed E-state index contributed by atoms with van der Waals surface area (Å²) in [5.41, 5.74) is 1.58. The van der Waals surface area contributed by atoms with Gasteiger partial charge in [-0.1, -0.05) is 0 Å². The van der Waals surface area contributed by atoms with E-state index in [0.717, 1.165) is 11.3 Å². The maximum atomic E-state index is 5.41. The van der Waals surface area contributed by atoms with E-state index in [4.69, 9.17) is 30.8 Å². The third kappa shape index (κ3) is 3.99. The van der Waals surface area contributed by atoms with Crippen LogP contribution in [0.5, 0.6) is 17.2 Å². The number of nitrogens with one attached hydrogen (secondary N) is 1. The Morgan fingerprint density at radius 1 is 1.21 bits per heavy atom. The highest BCUT2D eigenvalue weighted by molar-refractivity contribution is 7.71. The summed E-state index contributed by atoms with van der Waals surface area (Å²) in [5.74, 6) is 2.76. The van der Waals surface area contributed by atoms with Crippen molar-refractivity contribution in [1.29, 1.82) is 0 Å². The lowest BCUT2D eigenvalue weighted by atomic mass is 10.1. The van der Waals surface area contributed by atoms with Gasteiger partial charge in [0.2, 0.25) is 10.5 Å². The average molecular weight is 400 g/mol. The summed E-state index contributed by atoms with van der Waals surface area (Å²) in [7, 11) is 4.66. The Labute approximate surface area is 167 Å². The van der Waals surface area contributed by atoms with Crippen molar-refractivity contribution in [2.24, 2.45) is 5.10 Å². The lowest BCUT2D eigenvalue weighted by Gasteiger charge is -2.13. The van der Waals surface area contributed by atoms with Gasteiger partial charge in [0.15, 0.2) is 17.3 Å². The van der Waals surface area contributed by atoms with E-state index in [-0.39, 0.29) is 0 Å². The molecule has 0 saturated heterocycles. The van der Waals surface area contributed by atoms with Crippen LogP contribution in [0, 0.1) is 4.77 Å². The molecule has 0 saturated carbocycles. The van der Waals surface area contributed by atoms with Gasteiger partial charge in [-0.25, -0.2) is 5.10 Å². The molecule has 3 rings (SSSR count). The number of furan rings is 1. The second-order valence-corrected chi connectivity index (χ2v) is 6.11. The van der Waals surface area contributed by atoms with Crippen LogP contribution in [-0.2, 0) is 0 Å². The SMILES string of the molecule is COc1cc(-c2n[nH]c(=S)n2/N=C/C(C)=C/c2ccco2)cc(OC)c1OC. The lowest BCUT2D eigenvalue weighted by Crippen LogP contribution is -1.99. The van der Waals surface area contributed by atoms with Crippen LogP contribution < -0.4 is 14.2 Å². The fourth-order valence-electron chi connectivity index (χ4n) is 2.58. The first kappa shape index (κ1) is 19.4. The number of aromatic nitrogens is 3. The van der Waals surface area contributed by atoms with Gasteiger partial charge in [-0.05, 0) is 55.1 Å². The highest BCUT2D eigenvalue weighted by Crippen LogP contribution is 2.40. The van der Waals surface area contributed by atoms with Gasteiger partial charge in [-0.3, -0.25) is 0 Å². The van der Waals surface area contributed by atoms with Gasteiger partial charge >= 0.3 is 0 Å². The normalized spacial score (nSPS) is 11.8. The molecule has 8 nitrogen and oxygen atoms in total. The third-order valence-electron chi connectivity index (χ3n) is 3.86. The van der Waals surface area contributed by atoms with Crippen molar-refractivity contribution in [2.45, 2.75) is 6.92 Å². The third-order valence-corrected chi connectivity index (χ3v) is 4.13. The van der Waals surface area contributed by atoms with Crippen LogP contribution in [0.4, 0.5) is 0 Å². The minimum atomic E-state index is 0.353. The van der Waals surface area contributed by atoms with E-state index in [0.29, 0.717) is 33.4 Å². The predicted octanol–water partition coefficient (Wildman–Crippen LogP) is 4.16. The van der Waals surface area contributed by atoms with Crippen molar-refractivity contribution in [2.75, 3.05) is 21.3 Å². The number of hydrogen-bond acceptors (Lipinski definition) is 7. The van der Waals surface area contributed by atoms with Crippen LogP contribution in [0.15, 0.2) is 45.6 Å². The van der Waals surface area contributed by atoms with Crippen LogP contribution in [0.3, 0.4) is 0 Å².